The van der Waals surface area contributed by atoms with Gasteiger partial charge < -0.3 is 19.3 Å². The normalized spacial score (nSPS) is 42.1. The summed E-state index contributed by atoms with van der Waals surface area (Å²) in [5.74, 6) is -0.907. The van der Waals surface area contributed by atoms with Crippen molar-refractivity contribution < 1.29 is 28.9 Å². The molecule has 19 heavy (non-hydrogen) atoms. The molecule has 0 radical (unpaired) electrons. The first-order chi connectivity index (χ1) is 9.00. The summed E-state index contributed by atoms with van der Waals surface area (Å²) in [5.41, 5.74) is -0.913. The van der Waals surface area contributed by atoms with Crippen LogP contribution in [-0.2, 0) is 23.8 Å². The van der Waals surface area contributed by atoms with E-state index in [1.165, 1.54) is 0 Å². The molecule has 6 nitrogen and oxygen atoms in total. The molecule has 0 aromatic rings. The largest absolute Gasteiger partial charge is 0.455 e. The van der Waals surface area contributed by atoms with Crippen molar-refractivity contribution in [1.82, 2.24) is 0 Å². The van der Waals surface area contributed by atoms with Crippen molar-refractivity contribution in [2.24, 2.45) is 11.3 Å². The molecule has 2 bridgehead atoms. The third-order valence-electron chi connectivity index (χ3n) is 4.65. The van der Waals surface area contributed by atoms with Gasteiger partial charge in [-0.2, -0.15) is 0 Å². The van der Waals surface area contributed by atoms with Gasteiger partial charge in [-0.05, 0) is 19.8 Å². The van der Waals surface area contributed by atoms with Crippen LogP contribution in [0.5, 0.6) is 0 Å². The number of carbonyl (C=O) groups excluding carboxylic acids is 2. The summed E-state index contributed by atoms with van der Waals surface area (Å²) < 4.78 is 16.3. The van der Waals surface area contributed by atoms with Crippen molar-refractivity contribution in [2.75, 3.05) is 6.61 Å². The standard InChI is InChI=1S/C13H18O6/c1-3-13(2,5-14)12(16)19-9-7-4-6-8(17-7)10(9)18-11(6)15/h6-10,14H,3-5H2,1-2H3. The van der Waals surface area contributed by atoms with Crippen molar-refractivity contribution in [1.29, 1.82) is 0 Å². The number of aliphatic hydroxyl groups is 1. The predicted octanol–water partition coefficient (Wildman–Crippen LogP) is 0.0195. The molecule has 3 fully saturated rings. The average molecular weight is 270 g/mol. The van der Waals surface area contributed by atoms with Crippen LogP contribution < -0.4 is 0 Å². The number of esters is 2. The minimum absolute atomic E-state index is 0.194. The number of hydrogen-bond donors (Lipinski definition) is 1. The highest BCUT2D eigenvalue weighted by atomic mass is 16.7. The van der Waals surface area contributed by atoms with Crippen LogP contribution in [0.3, 0.4) is 0 Å². The van der Waals surface area contributed by atoms with Gasteiger partial charge >= 0.3 is 11.9 Å². The first-order valence-corrected chi connectivity index (χ1v) is 6.68. The molecular weight excluding hydrogens is 252 g/mol. The summed E-state index contributed by atoms with van der Waals surface area (Å²) in [6.07, 6.45) is -0.484. The summed E-state index contributed by atoms with van der Waals surface area (Å²) in [5, 5.41) is 9.32. The lowest BCUT2D eigenvalue weighted by molar-refractivity contribution is -0.172. The van der Waals surface area contributed by atoms with Crippen LogP contribution >= 0.6 is 0 Å². The number of ether oxygens (including phenoxy) is 3. The molecular formula is C13H18O6. The Morgan fingerprint density at radius 3 is 2.89 bits per heavy atom. The summed E-state index contributed by atoms with van der Waals surface area (Å²) in [7, 11) is 0. The van der Waals surface area contributed by atoms with E-state index in [0.29, 0.717) is 12.8 Å². The van der Waals surface area contributed by atoms with Crippen LogP contribution in [0.4, 0.5) is 0 Å². The Kier molecular flexibility index (Phi) is 2.83. The lowest BCUT2D eigenvalue weighted by atomic mass is 9.86. The molecule has 0 aromatic heterocycles. The van der Waals surface area contributed by atoms with Gasteiger partial charge in [0.15, 0.2) is 12.2 Å². The van der Waals surface area contributed by atoms with Crippen molar-refractivity contribution in [2.45, 2.75) is 51.1 Å². The first-order valence-electron chi connectivity index (χ1n) is 6.68. The van der Waals surface area contributed by atoms with E-state index in [0.717, 1.165) is 0 Å². The Labute approximate surface area is 111 Å². The van der Waals surface area contributed by atoms with E-state index in [4.69, 9.17) is 14.2 Å². The Morgan fingerprint density at radius 2 is 2.26 bits per heavy atom. The maximum atomic E-state index is 12.1. The minimum atomic E-state index is -0.913. The van der Waals surface area contributed by atoms with E-state index in [9.17, 15) is 14.7 Å². The van der Waals surface area contributed by atoms with Crippen LogP contribution in [0.25, 0.3) is 0 Å². The third kappa shape index (κ3) is 1.70. The molecule has 6 heteroatoms. The van der Waals surface area contributed by atoms with Crippen LogP contribution in [0.2, 0.25) is 0 Å². The van der Waals surface area contributed by atoms with Crippen LogP contribution in [-0.4, -0.2) is 48.1 Å². The molecule has 0 spiro atoms. The van der Waals surface area contributed by atoms with Crippen LogP contribution in [0.1, 0.15) is 26.7 Å². The van der Waals surface area contributed by atoms with E-state index in [2.05, 4.69) is 0 Å². The number of hydrogen-bond acceptors (Lipinski definition) is 6. The molecule has 3 rings (SSSR count). The van der Waals surface area contributed by atoms with E-state index >= 15 is 0 Å². The molecule has 6 atom stereocenters. The fraction of sp³-hybridized carbons (Fsp3) is 0.846. The predicted molar refractivity (Wildman–Crippen MR) is 62.0 cm³/mol. The highest BCUT2D eigenvalue weighted by Crippen LogP contribution is 2.47. The lowest BCUT2D eigenvalue weighted by Gasteiger charge is -2.28. The molecule has 0 aliphatic carbocycles. The summed E-state index contributed by atoms with van der Waals surface area (Å²) in [6.45, 7) is 3.21. The maximum absolute atomic E-state index is 12.1. The zero-order valence-corrected chi connectivity index (χ0v) is 11.0. The minimum Gasteiger partial charge on any atom is -0.455 e. The summed E-state index contributed by atoms with van der Waals surface area (Å²) >= 11 is 0. The molecule has 1 N–H and O–H groups in total. The SMILES string of the molecule is CCC(C)(CO)C(=O)OC1C2CC3C(=O)OC1C3O2. The number of rotatable bonds is 4. The quantitative estimate of drug-likeness (QED) is 0.725. The molecule has 0 aromatic carbocycles. The number of aliphatic hydroxyl groups excluding tert-OH is 1. The van der Waals surface area contributed by atoms with Gasteiger partial charge in [-0.25, -0.2) is 0 Å². The highest BCUT2D eigenvalue weighted by molar-refractivity contribution is 5.79. The second-order valence-corrected chi connectivity index (χ2v) is 5.83. The van der Waals surface area contributed by atoms with E-state index in [1.54, 1.807) is 6.92 Å². The monoisotopic (exact) mass is 270 g/mol. The number of carbonyl (C=O) groups is 2. The Bertz CT molecular complexity index is 415. The maximum Gasteiger partial charge on any atom is 0.314 e. The van der Waals surface area contributed by atoms with Gasteiger partial charge in [-0.1, -0.05) is 6.92 Å². The van der Waals surface area contributed by atoms with Crippen molar-refractivity contribution in [3.05, 3.63) is 0 Å². The Balaban J connectivity index is 1.72. The van der Waals surface area contributed by atoms with Crippen molar-refractivity contribution in [3.63, 3.8) is 0 Å². The van der Waals surface area contributed by atoms with E-state index < -0.39 is 23.6 Å². The van der Waals surface area contributed by atoms with Gasteiger partial charge in [0.2, 0.25) is 0 Å². The average Bonchev–Trinajstić information content (AvgIpc) is 3.02. The molecule has 3 saturated heterocycles. The molecule has 0 amide bonds. The topological polar surface area (TPSA) is 82.1 Å². The lowest BCUT2D eigenvalue weighted by Crippen LogP contribution is -2.44. The van der Waals surface area contributed by atoms with Gasteiger partial charge in [-0.3, -0.25) is 9.59 Å². The number of fused-ring (bicyclic) bond motifs is 1. The molecule has 106 valence electrons. The summed E-state index contributed by atoms with van der Waals surface area (Å²) in [6, 6.07) is 0. The molecule has 3 aliphatic rings. The van der Waals surface area contributed by atoms with Gasteiger partial charge in [0.25, 0.3) is 0 Å². The van der Waals surface area contributed by atoms with Gasteiger partial charge in [-0.15, -0.1) is 0 Å². The fourth-order valence-corrected chi connectivity index (χ4v) is 2.97. The Hall–Kier alpha value is -1.14. The van der Waals surface area contributed by atoms with Crippen molar-refractivity contribution >= 4 is 11.9 Å². The van der Waals surface area contributed by atoms with Crippen LogP contribution in [0, 0.1) is 11.3 Å². The molecule has 3 aliphatic heterocycles. The zero-order chi connectivity index (χ0) is 13.8. The van der Waals surface area contributed by atoms with Crippen LogP contribution in [0.15, 0.2) is 0 Å². The smallest absolute Gasteiger partial charge is 0.314 e. The van der Waals surface area contributed by atoms with Gasteiger partial charge in [0, 0.05) is 0 Å². The summed E-state index contributed by atoms with van der Waals surface area (Å²) in [4.78, 5) is 23.7. The second-order valence-electron chi connectivity index (χ2n) is 5.83. The molecule has 6 unspecified atom stereocenters. The highest BCUT2D eigenvalue weighted by Gasteiger charge is 2.65. The molecule has 0 saturated carbocycles. The second kappa shape index (κ2) is 4.18. The zero-order valence-electron chi connectivity index (χ0n) is 11.0. The van der Waals surface area contributed by atoms with Gasteiger partial charge in [0.05, 0.1) is 24.0 Å². The van der Waals surface area contributed by atoms with Crippen molar-refractivity contribution in [3.8, 4) is 0 Å². The molecule has 3 heterocycles. The first kappa shape index (κ1) is 12.9. The third-order valence-corrected chi connectivity index (χ3v) is 4.65. The van der Waals surface area contributed by atoms with E-state index in [-0.39, 0.29) is 30.7 Å². The van der Waals surface area contributed by atoms with E-state index in [1.807, 2.05) is 6.92 Å². The van der Waals surface area contributed by atoms with Gasteiger partial charge in [0.1, 0.15) is 6.10 Å². The Morgan fingerprint density at radius 1 is 1.53 bits per heavy atom. The fourth-order valence-electron chi connectivity index (χ4n) is 2.97.